The number of tetrazole rings is 1. The van der Waals surface area contributed by atoms with Crippen LogP contribution in [0.25, 0.3) is 0 Å². The average molecular weight is 470 g/mol. The number of anilines is 2. The van der Waals surface area contributed by atoms with E-state index in [1.54, 1.807) is 36.2 Å². The molecule has 2 aromatic carbocycles. The molecule has 0 fully saturated rings. The van der Waals surface area contributed by atoms with Gasteiger partial charge in [0.15, 0.2) is 11.5 Å². The molecule has 10 heteroatoms. The fraction of sp³-hybridized carbons (Fsp3) is 0.160. The summed E-state index contributed by atoms with van der Waals surface area (Å²) in [6.45, 7) is 2.21. The molecule has 0 bridgehead atoms. The fourth-order valence-electron chi connectivity index (χ4n) is 3.94. The first-order valence-electron chi connectivity index (χ1n) is 11.0. The second-order valence-corrected chi connectivity index (χ2v) is 7.87. The summed E-state index contributed by atoms with van der Waals surface area (Å²) in [6, 6.07) is 20.1. The number of pyridine rings is 1. The van der Waals surface area contributed by atoms with Gasteiger partial charge in [0, 0.05) is 11.9 Å². The highest BCUT2D eigenvalue weighted by Crippen LogP contribution is 2.38. The Balaban J connectivity index is 1.48. The average Bonchev–Trinajstić information content (AvgIpc) is 3.35. The Hall–Kier alpha value is -4.73. The van der Waals surface area contributed by atoms with Crippen LogP contribution in [0.2, 0.25) is 0 Å². The first kappa shape index (κ1) is 22.1. The molecule has 4 aromatic rings. The van der Waals surface area contributed by atoms with E-state index in [1.807, 2.05) is 55.5 Å². The molecule has 0 aliphatic carbocycles. The highest BCUT2D eigenvalue weighted by molar-refractivity contribution is 6.05. The quantitative estimate of drug-likeness (QED) is 0.422. The molecule has 2 aromatic heterocycles. The Morgan fingerprint density at radius 1 is 1.09 bits per heavy atom. The summed E-state index contributed by atoms with van der Waals surface area (Å²) in [4.78, 5) is 17.6. The van der Waals surface area contributed by atoms with Crippen molar-refractivity contribution < 1.29 is 14.3 Å². The van der Waals surface area contributed by atoms with Crippen LogP contribution in [0, 0.1) is 0 Å². The second kappa shape index (κ2) is 9.64. The van der Waals surface area contributed by atoms with Gasteiger partial charge >= 0.3 is 0 Å². The van der Waals surface area contributed by atoms with E-state index in [2.05, 4.69) is 31.1 Å². The van der Waals surface area contributed by atoms with E-state index in [4.69, 9.17) is 9.47 Å². The summed E-state index contributed by atoms with van der Waals surface area (Å²) >= 11 is 0. The maximum absolute atomic E-state index is 13.4. The number of allylic oxidation sites excluding steroid dienone is 1. The van der Waals surface area contributed by atoms with Gasteiger partial charge in [-0.25, -0.2) is 4.98 Å². The Morgan fingerprint density at radius 3 is 2.69 bits per heavy atom. The number of rotatable bonds is 7. The van der Waals surface area contributed by atoms with Crippen molar-refractivity contribution in [2.24, 2.45) is 0 Å². The summed E-state index contributed by atoms with van der Waals surface area (Å²) in [6.07, 6.45) is 1.62. The molecule has 3 heterocycles. The predicted octanol–water partition coefficient (Wildman–Crippen LogP) is 3.58. The summed E-state index contributed by atoms with van der Waals surface area (Å²) in [5.74, 6) is 1.69. The Morgan fingerprint density at radius 2 is 1.91 bits per heavy atom. The molecule has 0 spiro atoms. The van der Waals surface area contributed by atoms with Gasteiger partial charge < -0.3 is 20.1 Å². The van der Waals surface area contributed by atoms with Crippen molar-refractivity contribution in [2.75, 3.05) is 17.7 Å². The summed E-state index contributed by atoms with van der Waals surface area (Å²) in [5, 5.41) is 17.9. The lowest BCUT2D eigenvalue weighted by Crippen LogP contribution is -2.31. The molecule has 2 N–H and O–H groups in total. The first-order chi connectivity index (χ1) is 17.1. The van der Waals surface area contributed by atoms with E-state index in [0.717, 1.165) is 11.1 Å². The van der Waals surface area contributed by atoms with E-state index in [9.17, 15) is 4.79 Å². The summed E-state index contributed by atoms with van der Waals surface area (Å²) in [5.41, 5.74) is 2.89. The van der Waals surface area contributed by atoms with Crippen molar-refractivity contribution in [3.63, 3.8) is 0 Å². The molecule has 10 nitrogen and oxygen atoms in total. The molecule has 0 saturated heterocycles. The van der Waals surface area contributed by atoms with Crippen LogP contribution in [0.15, 0.2) is 84.2 Å². The van der Waals surface area contributed by atoms with Crippen LogP contribution >= 0.6 is 0 Å². The third kappa shape index (κ3) is 4.54. The number of aromatic nitrogens is 5. The van der Waals surface area contributed by atoms with E-state index in [0.29, 0.717) is 41.1 Å². The van der Waals surface area contributed by atoms with E-state index in [-0.39, 0.29) is 5.91 Å². The van der Waals surface area contributed by atoms with E-state index in [1.165, 1.54) is 0 Å². The number of amides is 1. The second-order valence-electron chi connectivity index (χ2n) is 7.87. The van der Waals surface area contributed by atoms with Gasteiger partial charge in [-0.1, -0.05) is 47.6 Å². The third-order valence-corrected chi connectivity index (χ3v) is 5.61. The normalized spacial score (nSPS) is 14.6. The molecule has 1 aliphatic heterocycles. The van der Waals surface area contributed by atoms with E-state index < -0.39 is 6.04 Å². The minimum absolute atomic E-state index is 0.316. The number of nitrogens with zero attached hydrogens (tertiary/aromatic N) is 5. The van der Waals surface area contributed by atoms with Crippen LogP contribution < -0.4 is 20.1 Å². The molecule has 35 heavy (non-hydrogen) atoms. The van der Waals surface area contributed by atoms with Crippen LogP contribution in [0.3, 0.4) is 0 Å². The third-order valence-electron chi connectivity index (χ3n) is 5.61. The molecule has 1 atom stereocenters. The molecule has 0 radical (unpaired) electrons. The highest BCUT2D eigenvalue weighted by Gasteiger charge is 2.34. The molecule has 0 saturated carbocycles. The molecular formula is C25H23N7O3. The van der Waals surface area contributed by atoms with Crippen LogP contribution in [0.1, 0.15) is 24.1 Å². The van der Waals surface area contributed by atoms with Crippen molar-refractivity contribution in [1.82, 2.24) is 25.2 Å². The minimum Gasteiger partial charge on any atom is -0.493 e. The number of ether oxygens (including phenoxy) is 2. The largest absolute Gasteiger partial charge is 0.493 e. The lowest BCUT2D eigenvalue weighted by atomic mass is 9.94. The molecule has 176 valence electrons. The molecule has 5 rings (SSSR count). The van der Waals surface area contributed by atoms with Crippen molar-refractivity contribution in [2.45, 2.75) is 19.6 Å². The van der Waals surface area contributed by atoms with Gasteiger partial charge in [-0.05, 0) is 52.7 Å². The van der Waals surface area contributed by atoms with Gasteiger partial charge in [0.1, 0.15) is 18.5 Å². The van der Waals surface area contributed by atoms with Gasteiger partial charge in [-0.3, -0.25) is 4.79 Å². The molecular weight excluding hydrogens is 446 g/mol. The highest BCUT2D eigenvalue weighted by atomic mass is 16.5. The summed E-state index contributed by atoms with van der Waals surface area (Å²) in [7, 11) is 1.58. The summed E-state index contributed by atoms with van der Waals surface area (Å²) < 4.78 is 13.2. The molecule has 1 amide bonds. The maximum atomic E-state index is 13.4. The number of carbonyl (C=O) groups excluding carboxylic acids is 1. The van der Waals surface area contributed by atoms with Gasteiger partial charge in [0.25, 0.3) is 5.91 Å². The zero-order chi connectivity index (χ0) is 24.2. The van der Waals surface area contributed by atoms with Gasteiger partial charge in [0.2, 0.25) is 5.95 Å². The van der Waals surface area contributed by atoms with Crippen molar-refractivity contribution in [3.8, 4) is 11.5 Å². The van der Waals surface area contributed by atoms with Crippen molar-refractivity contribution in [1.29, 1.82) is 0 Å². The monoisotopic (exact) mass is 469 g/mol. The van der Waals surface area contributed by atoms with Crippen molar-refractivity contribution in [3.05, 3.63) is 95.3 Å². The molecule has 1 aliphatic rings. The van der Waals surface area contributed by atoms with Crippen LogP contribution in [-0.2, 0) is 11.4 Å². The number of nitrogens with one attached hydrogen (secondary N) is 2. The molecule has 1 unspecified atom stereocenters. The van der Waals surface area contributed by atoms with Gasteiger partial charge in [0.05, 0.1) is 12.7 Å². The number of hydrogen-bond acceptors (Lipinski definition) is 8. The van der Waals surface area contributed by atoms with E-state index >= 15 is 0 Å². The minimum atomic E-state index is -0.595. The predicted molar refractivity (Wildman–Crippen MR) is 129 cm³/mol. The van der Waals surface area contributed by atoms with Crippen LogP contribution in [0.5, 0.6) is 11.5 Å². The maximum Gasteiger partial charge on any atom is 0.257 e. The number of fused-ring (bicyclic) bond motifs is 1. The van der Waals surface area contributed by atoms with Crippen LogP contribution in [0.4, 0.5) is 11.8 Å². The topological polar surface area (TPSA) is 116 Å². The smallest absolute Gasteiger partial charge is 0.257 e. The SMILES string of the molecule is COc1cc(C2C(C(=O)Nc3ccccn3)=C(C)Nc3nnnn32)ccc1OCc1ccccc1. The Labute approximate surface area is 201 Å². The first-order valence-corrected chi connectivity index (χ1v) is 11.0. The van der Waals surface area contributed by atoms with Crippen molar-refractivity contribution >= 4 is 17.7 Å². The van der Waals surface area contributed by atoms with Gasteiger partial charge in [-0.2, -0.15) is 4.68 Å². The van der Waals surface area contributed by atoms with Crippen LogP contribution in [-0.4, -0.2) is 38.2 Å². The lowest BCUT2D eigenvalue weighted by molar-refractivity contribution is -0.113. The number of benzene rings is 2. The zero-order valence-electron chi connectivity index (χ0n) is 19.2. The Kier molecular flexibility index (Phi) is 6.08. The van der Waals surface area contributed by atoms with Gasteiger partial charge in [-0.15, -0.1) is 0 Å². The fourth-order valence-corrected chi connectivity index (χ4v) is 3.94. The number of hydrogen-bond donors (Lipinski definition) is 2. The zero-order valence-corrected chi connectivity index (χ0v) is 19.2. The number of methoxy groups -OCH3 is 1. The lowest BCUT2D eigenvalue weighted by Gasteiger charge is -2.28. The number of carbonyl (C=O) groups is 1. The standard InChI is InChI=1S/C25H23N7O3/c1-16-22(24(33)28-21-10-6-7-13-26-21)23(32-25(27-16)29-30-31-32)18-11-12-19(20(14-18)34-2)35-15-17-8-4-3-5-9-17/h3-14,23H,15H2,1-2H3,(H,26,28,33)(H,27,29,31). The Bertz CT molecular complexity index is 1370.